The molecule has 0 saturated carbocycles. The summed E-state index contributed by atoms with van der Waals surface area (Å²) in [6.07, 6.45) is -4.77. The van der Waals surface area contributed by atoms with E-state index in [0.717, 1.165) is 0 Å². The van der Waals surface area contributed by atoms with E-state index in [2.05, 4.69) is 9.72 Å². The topological polar surface area (TPSA) is 22.1 Å². The second kappa shape index (κ2) is 4.09. The maximum absolute atomic E-state index is 11.8. The Morgan fingerprint density at radius 3 is 2.57 bits per heavy atom. The van der Waals surface area contributed by atoms with Crippen LogP contribution in [0.2, 0.25) is 5.02 Å². The summed E-state index contributed by atoms with van der Waals surface area (Å²) in [5.41, 5.74) is 0.439. The molecule has 1 aromatic rings. The van der Waals surface area contributed by atoms with Crippen LogP contribution in [0.4, 0.5) is 13.2 Å². The van der Waals surface area contributed by atoms with Crippen molar-refractivity contribution in [2.24, 2.45) is 0 Å². The number of hydrogen-bond acceptors (Lipinski definition) is 2. The zero-order chi connectivity index (χ0) is 10.9. The summed E-state index contributed by atoms with van der Waals surface area (Å²) < 4.78 is 39.8. The Morgan fingerprint density at radius 2 is 2.07 bits per heavy atom. The molecule has 78 valence electrons. The molecule has 0 aromatic carbocycles. The van der Waals surface area contributed by atoms with Crippen LogP contribution in [0, 0.1) is 10.5 Å². The minimum Gasteiger partial charge on any atom is -0.386 e. The maximum Gasteiger partial charge on any atom is 0.574 e. The van der Waals surface area contributed by atoms with Gasteiger partial charge in [-0.15, -0.1) is 13.2 Å². The van der Waals surface area contributed by atoms with Crippen LogP contribution in [0.15, 0.2) is 6.07 Å². The molecule has 0 atom stereocenters. The van der Waals surface area contributed by atoms with Gasteiger partial charge in [0.25, 0.3) is 0 Å². The minimum atomic E-state index is -4.77. The van der Waals surface area contributed by atoms with Crippen molar-refractivity contribution < 1.29 is 17.9 Å². The molecule has 0 N–H and O–H groups in total. The van der Waals surface area contributed by atoms with Crippen LogP contribution in [-0.4, -0.2) is 11.3 Å². The third kappa shape index (κ3) is 3.16. The van der Waals surface area contributed by atoms with Crippen molar-refractivity contribution >= 4 is 34.2 Å². The van der Waals surface area contributed by atoms with Gasteiger partial charge in [-0.05, 0) is 35.6 Å². The summed E-state index contributed by atoms with van der Waals surface area (Å²) in [6.45, 7) is 1.57. The average molecular weight is 337 g/mol. The summed E-state index contributed by atoms with van der Waals surface area (Å²) in [4.78, 5) is 3.58. The molecule has 7 heteroatoms. The molecule has 0 spiro atoms. The average Bonchev–Trinajstić information content (AvgIpc) is 1.97. The van der Waals surface area contributed by atoms with Crippen LogP contribution >= 0.6 is 34.2 Å². The largest absolute Gasteiger partial charge is 0.574 e. The zero-order valence-electron chi connectivity index (χ0n) is 6.82. The first-order valence-electron chi connectivity index (χ1n) is 3.38. The molecule has 0 aliphatic heterocycles. The van der Waals surface area contributed by atoms with E-state index < -0.39 is 12.2 Å². The Morgan fingerprint density at radius 1 is 1.50 bits per heavy atom. The first-order chi connectivity index (χ1) is 6.29. The van der Waals surface area contributed by atoms with Crippen molar-refractivity contribution in [2.45, 2.75) is 13.3 Å². The van der Waals surface area contributed by atoms with Gasteiger partial charge >= 0.3 is 6.36 Å². The number of alkyl halides is 3. The molecular weight excluding hydrogens is 333 g/mol. The van der Waals surface area contributed by atoms with Gasteiger partial charge in [0.05, 0.1) is 5.69 Å². The van der Waals surface area contributed by atoms with Crippen molar-refractivity contribution in [3.05, 3.63) is 20.4 Å². The Kier molecular flexibility index (Phi) is 3.46. The highest BCUT2D eigenvalue weighted by Crippen LogP contribution is 2.30. The van der Waals surface area contributed by atoms with E-state index in [9.17, 15) is 13.2 Å². The van der Waals surface area contributed by atoms with Crippen LogP contribution in [0.25, 0.3) is 0 Å². The lowest BCUT2D eigenvalue weighted by molar-refractivity contribution is -0.276. The van der Waals surface area contributed by atoms with Gasteiger partial charge in [0.1, 0.15) is 5.02 Å². The molecule has 0 bridgehead atoms. The maximum atomic E-state index is 11.8. The normalized spacial score (nSPS) is 11.6. The monoisotopic (exact) mass is 337 g/mol. The lowest BCUT2D eigenvalue weighted by Gasteiger charge is -2.10. The number of hydrogen-bond donors (Lipinski definition) is 0. The van der Waals surface area contributed by atoms with E-state index in [1.54, 1.807) is 6.92 Å². The van der Waals surface area contributed by atoms with Crippen molar-refractivity contribution in [3.8, 4) is 5.88 Å². The van der Waals surface area contributed by atoms with Gasteiger partial charge in [0.15, 0.2) is 0 Å². The van der Waals surface area contributed by atoms with Gasteiger partial charge in [-0.1, -0.05) is 11.6 Å². The van der Waals surface area contributed by atoms with Gasteiger partial charge in [-0.2, -0.15) is 0 Å². The summed E-state index contributed by atoms with van der Waals surface area (Å²) in [6, 6.07) is 1.37. The van der Waals surface area contributed by atoms with Crippen molar-refractivity contribution in [1.29, 1.82) is 0 Å². The molecule has 0 aliphatic rings. The molecule has 0 aliphatic carbocycles. The van der Waals surface area contributed by atoms with Crippen LogP contribution in [0.1, 0.15) is 5.69 Å². The molecule has 0 fully saturated rings. The van der Waals surface area contributed by atoms with E-state index in [1.807, 2.05) is 22.6 Å². The van der Waals surface area contributed by atoms with Crippen molar-refractivity contribution in [1.82, 2.24) is 4.98 Å². The fourth-order valence-electron chi connectivity index (χ4n) is 0.718. The van der Waals surface area contributed by atoms with Gasteiger partial charge in [-0.25, -0.2) is 4.98 Å². The molecule has 0 unspecified atom stereocenters. The predicted octanol–water partition coefficient (Wildman–Crippen LogP) is 3.55. The van der Waals surface area contributed by atoms with Gasteiger partial charge < -0.3 is 4.74 Å². The zero-order valence-corrected chi connectivity index (χ0v) is 9.74. The molecule has 0 amide bonds. The Bertz CT molecular complexity index is 356. The highest BCUT2D eigenvalue weighted by Gasteiger charge is 2.33. The minimum absolute atomic E-state index is 0.155. The number of aryl methyl sites for hydroxylation is 1. The van der Waals surface area contributed by atoms with E-state index in [-0.39, 0.29) is 5.02 Å². The molecule has 0 radical (unpaired) electrons. The van der Waals surface area contributed by atoms with Crippen LogP contribution in [0.5, 0.6) is 5.88 Å². The number of pyridine rings is 1. The lowest BCUT2D eigenvalue weighted by atomic mass is 10.4. The highest BCUT2D eigenvalue weighted by atomic mass is 127. The van der Waals surface area contributed by atoms with Gasteiger partial charge in [0.2, 0.25) is 5.88 Å². The summed E-state index contributed by atoms with van der Waals surface area (Å²) in [7, 11) is 0. The summed E-state index contributed by atoms with van der Waals surface area (Å²) >= 11 is 7.44. The number of rotatable bonds is 1. The molecule has 1 heterocycles. The quantitative estimate of drug-likeness (QED) is 0.731. The summed E-state index contributed by atoms with van der Waals surface area (Å²) in [5.74, 6) is -0.614. The molecule has 2 nitrogen and oxygen atoms in total. The van der Waals surface area contributed by atoms with Crippen LogP contribution in [-0.2, 0) is 0 Å². The van der Waals surface area contributed by atoms with Crippen molar-refractivity contribution in [3.63, 3.8) is 0 Å². The second-order valence-corrected chi connectivity index (χ2v) is 3.96. The highest BCUT2D eigenvalue weighted by molar-refractivity contribution is 14.1. The Labute approximate surface area is 96.6 Å². The number of aromatic nitrogens is 1. The Balaban J connectivity index is 3.04. The number of nitrogens with zero attached hydrogens (tertiary/aromatic N) is 1. The number of ether oxygens (including phenoxy) is 1. The van der Waals surface area contributed by atoms with Gasteiger partial charge in [-0.3, -0.25) is 0 Å². The number of halogens is 5. The van der Waals surface area contributed by atoms with E-state index in [1.165, 1.54) is 6.07 Å². The lowest BCUT2D eigenvalue weighted by Crippen LogP contribution is -2.18. The van der Waals surface area contributed by atoms with Crippen LogP contribution in [0.3, 0.4) is 0 Å². The standard InChI is InChI=1S/C7H4ClF3INO/c1-3-5(12)2-4(8)6(13-3)14-7(9,10)11/h2H,1H3. The molecular formula is C7H4ClF3INO. The van der Waals surface area contributed by atoms with E-state index in [4.69, 9.17) is 11.6 Å². The fourth-order valence-corrected chi connectivity index (χ4v) is 1.52. The molecule has 1 rings (SSSR count). The SMILES string of the molecule is Cc1nc(OC(F)(F)F)c(Cl)cc1I. The fraction of sp³-hybridized carbons (Fsp3) is 0.286. The summed E-state index contributed by atoms with van der Waals surface area (Å²) in [5, 5.41) is -0.155. The third-order valence-corrected chi connectivity index (χ3v) is 2.65. The van der Waals surface area contributed by atoms with E-state index >= 15 is 0 Å². The molecule has 0 saturated heterocycles. The molecule has 1 aromatic heterocycles. The predicted molar refractivity (Wildman–Crippen MR) is 53.4 cm³/mol. The van der Waals surface area contributed by atoms with E-state index in [0.29, 0.717) is 9.26 Å². The van der Waals surface area contributed by atoms with Crippen molar-refractivity contribution in [2.75, 3.05) is 0 Å². The van der Waals surface area contributed by atoms with Gasteiger partial charge in [0, 0.05) is 3.57 Å². The molecule has 14 heavy (non-hydrogen) atoms. The smallest absolute Gasteiger partial charge is 0.386 e. The van der Waals surface area contributed by atoms with Crippen LogP contribution < -0.4 is 4.74 Å². The Hall–Kier alpha value is -0.240. The first kappa shape index (κ1) is 11.8. The second-order valence-electron chi connectivity index (χ2n) is 2.39. The first-order valence-corrected chi connectivity index (χ1v) is 4.83. The third-order valence-electron chi connectivity index (χ3n) is 1.29.